The van der Waals surface area contributed by atoms with Crippen LogP contribution < -0.4 is 10.5 Å². The van der Waals surface area contributed by atoms with E-state index in [0.29, 0.717) is 11.4 Å². The predicted molar refractivity (Wildman–Crippen MR) is 58.0 cm³/mol. The van der Waals surface area contributed by atoms with Gasteiger partial charge in [0.2, 0.25) is 0 Å². The van der Waals surface area contributed by atoms with E-state index in [1.165, 1.54) is 7.11 Å². The second-order valence-corrected chi connectivity index (χ2v) is 3.97. The van der Waals surface area contributed by atoms with Crippen LogP contribution in [-0.4, -0.2) is 24.4 Å². The van der Waals surface area contributed by atoms with Gasteiger partial charge in [-0.1, -0.05) is 13.8 Å². The highest BCUT2D eigenvalue weighted by molar-refractivity contribution is 6.00. The molecule has 1 rings (SSSR count). The first-order valence-corrected chi connectivity index (χ1v) is 4.77. The lowest BCUT2D eigenvalue weighted by atomic mass is 9.86. The van der Waals surface area contributed by atoms with Crippen LogP contribution >= 0.6 is 0 Å². The number of carbonyl (C=O) groups excluding carboxylic acids is 1. The van der Waals surface area contributed by atoms with Crippen molar-refractivity contribution >= 4 is 5.78 Å². The molecule has 1 aromatic rings. The number of methoxy groups -OCH3 is 1. The van der Waals surface area contributed by atoms with Crippen molar-refractivity contribution in [2.24, 2.45) is 11.1 Å². The normalized spacial score (nSPS) is 11.2. The largest absolute Gasteiger partial charge is 0.494 e. The Balaban J connectivity index is 3.11. The number of nitrogens with zero attached hydrogens (tertiary/aromatic N) is 1. The molecule has 0 aromatic carbocycles. The number of Topliss-reactive ketones (excluding diaryl/α,β-unsaturated/α-hetero) is 1. The topological polar surface area (TPSA) is 65.2 Å². The number of hydrogen-bond donors (Lipinski definition) is 1. The van der Waals surface area contributed by atoms with Gasteiger partial charge in [0.05, 0.1) is 7.11 Å². The Morgan fingerprint density at radius 1 is 1.60 bits per heavy atom. The van der Waals surface area contributed by atoms with Gasteiger partial charge >= 0.3 is 0 Å². The summed E-state index contributed by atoms with van der Waals surface area (Å²) in [5.74, 6) is 0.395. The third kappa shape index (κ3) is 2.33. The molecule has 15 heavy (non-hydrogen) atoms. The number of hydrogen-bond acceptors (Lipinski definition) is 4. The molecular weight excluding hydrogens is 192 g/mol. The molecule has 1 aromatic heterocycles. The number of pyridine rings is 1. The summed E-state index contributed by atoms with van der Waals surface area (Å²) >= 11 is 0. The van der Waals surface area contributed by atoms with Crippen LogP contribution in [0.2, 0.25) is 0 Å². The summed E-state index contributed by atoms with van der Waals surface area (Å²) in [4.78, 5) is 16.1. The summed E-state index contributed by atoms with van der Waals surface area (Å²) in [6, 6.07) is 3.44. The van der Waals surface area contributed by atoms with Gasteiger partial charge in [0.25, 0.3) is 0 Å². The minimum atomic E-state index is -0.609. The zero-order chi connectivity index (χ0) is 11.5. The van der Waals surface area contributed by atoms with Crippen molar-refractivity contribution < 1.29 is 9.53 Å². The zero-order valence-electron chi connectivity index (χ0n) is 9.28. The van der Waals surface area contributed by atoms with Crippen LogP contribution in [0.4, 0.5) is 0 Å². The number of rotatable bonds is 4. The summed E-state index contributed by atoms with van der Waals surface area (Å²) in [6.07, 6.45) is 1.57. The number of aromatic nitrogens is 1. The van der Waals surface area contributed by atoms with Crippen molar-refractivity contribution in [2.45, 2.75) is 13.8 Å². The maximum Gasteiger partial charge on any atom is 0.191 e. The van der Waals surface area contributed by atoms with Crippen LogP contribution in [0.5, 0.6) is 5.75 Å². The van der Waals surface area contributed by atoms with Crippen molar-refractivity contribution in [3.8, 4) is 5.75 Å². The highest BCUT2D eigenvalue weighted by Crippen LogP contribution is 2.24. The second-order valence-electron chi connectivity index (χ2n) is 3.97. The Kier molecular flexibility index (Phi) is 3.42. The molecule has 0 fully saturated rings. The third-order valence-electron chi connectivity index (χ3n) is 2.33. The van der Waals surface area contributed by atoms with Gasteiger partial charge in [0.15, 0.2) is 5.78 Å². The van der Waals surface area contributed by atoms with E-state index in [4.69, 9.17) is 10.5 Å². The minimum Gasteiger partial charge on any atom is -0.494 e. The molecule has 0 unspecified atom stereocenters. The zero-order valence-corrected chi connectivity index (χ0v) is 9.28. The van der Waals surface area contributed by atoms with E-state index in [1.54, 1.807) is 32.2 Å². The van der Waals surface area contributed by atoms with Gasteiger partial charge in [0.1, 0.15) is 11.4 Å². The lowest BCUT2D eigenvalue weighted by molar-refractivity contribution is 0.0838. The number of ether oxygens (including phenoxy) is 1. The van der Waals surface area contributed by atoms with Gasteiger partial charge in [-0.05, 0) is 12.1 Å². The van der Waals surface area contributed by atoms with Gasteiger partial charge in [0, 0.05) is 18.2 Å². The Morgan fingerprint density at radius 2 is 2.27 bits per heavy atom. The quantitative estimate of drug-likeness (QED) is 0.756. The minimum absolute atomic E-state index is 0.0950. The van der Waals surface area contributed by atoms with Crippen molar-refractivity contribution in [3.63, 3.8) is 0 Å². The average Bonchev–Trinajstić information content (AvgIpc) is 2.28. The average molecular weight is 208 g/mol. The van der Waals surface area contributed by atoms with Crippen LogP contribution in [0.15, 0.2) is 18.3 Å². The Bertz CT molecular complexity index is 361. The van der Waals surface area contributed by atoms with Crippen LogP contribution in [0, 0.1) is 5.41 Å². The van der Waals surface area contributed by atoms with E-state index < -0.39 is 5.41 Å². The first-order valence-electron chi connectivity index (χ1n) is 4.77. The Morgan fingerprint density at radius 3 is 2.80 bits per heavy atom. The van der Waals surface area contributed by atoms with Crippen molar-refractivity contribution in [3.05, 3.63) is 24.0 Å². The lowest BCUT2D eigenvalue weighted by Crippen LogP contribution is -2.33. The molecule has 2 N–H and O–H groups in total. The molecule has 4 heteroatoms. The summed E-state index contributed by atoms with van der Waals surface area (Å²) in [7, 11) is 1.52. The molecule has 0 saturated carbocycles. The standard InChI is InChI=1S/C11H16N2O2/c1-11(2,7-12)10(14)9-8(15-3)5-4-6-13-9/h4-6H,7,12H2,1-3H3. The fourth-order valence-electron chi connectivity index (χ4n) is 1.14. The monoisotopic (exact) mass is 208 g/mol. The molecular formula is C11H16N2O2. The smallest absolute Gasteiger partial charge is 0.191 e. The molecule has 0 radical (unpaired) electrons. The van der Waals surface area contributed by atoms with Crippen LogP contribution in [-0.2, 0) is 0 Å². The SMILES string of the molecule is COc1cccnc1C(=O)C(C)(C)CN. The fraction of sp³-hybridized carbons (Fsp3) is 0.455. The third-order valence-corrected chi connectivity index (χ3v) is 2.33. The summed E-state index contributed by atoms with van der Waals surface area (Å²) in [5, 5.41) is 0. The van der Waals surface area contributed by atoms with Crippen molar-refractivity contribution in [1.29, 1.82) is 0 Å². The number of ketones is 1. The van der Waals surface area contributed by atoms with E-state index >= 15 is 0 Å². The van der Waals surface area contributed by atoms with E-state index in [1.807, 2.05) is 0 Å². The van der Waals surface area contributed by atoms with Gasteiger partial charge < -0.3 is 10.5 Å². The van der Waals surface area contributed by atoms with E-state index in [9.17, 15) is 4.79 Å². The fourth-order valence-corrected chi connectivity index (χ4v) is 1.14. The summed E-state index contributed by atoms with van der Waals surface area (Å²) in [5.41, 5.74) is 5.28. The van der Waals surface area contributed by atoms with E-state index in [2.05, 4.69) is 4.98 Å². The first-order chi connectivity index (χ1) is 7.03. The lowest BCUT2D eigenvalue weighted by Gasteiger charge is -2.20. The molecule has 82 valence electrons. The Labute approximate surface area is 89.5 Å². The molecule has 0 aliphatic heterocycles. The summed E-state index contributed by atoms with van der Waals surface area (Å²) in [6.45, 7) is 3.87. The Hall–Kier alpha value is -1.42. The van der Waals surface area contributed by atoms with E-state index in [0.717, 1.165) is 0 Å². The summed E-state index contributed by atoms with van der Waals surface area (Å²) < 4.78 is 5.08. The highest BCUT2D eigenvalue weighted by Gasteiger charge is 2.30. The van der Waals surface area contributed by atoms with Crippen LogP contribution in [0.3, 0.4) is 0 Å². The molecule has 0 saturated heterocycles. The van der Waals surface area contributed by atoms with Crippen LogP contribution in [0.1, 0.15) is 24.3 Å². The molecule has 0 amide bonds. The first kappa shape index (κ1) is 11.7. The molecule has 0 aliphatic carbocycles. The predicted octanol–water partition coefficient (Wildman–Crippen LogP) is 1.26. The maximum atomic E-state index is 12.1. The molecule has 0 atom stereocenters. The van der Waals surface area contributed by atoms with Gasteiger partial charge in [-0.15, -0.1) is 0 Å². The number of nitrogens with two attached hydrogens (primary N) is 1. The highest BCUT2D eigenvalue weighted by atomic mass is 16.5. The molecule has 0 spiro atoms. The van der Waals surface area contributed by atoms with Gasteiger partial charge in [-0.25, -0.2) is 4.98 Å². The molecule has 1 heterocycles. The molecule has 4 nitrogen and oxygen atoms in total. The molecule has 0 bridgehead atoms. The molecule has 0 aliphatic rings. The maximum absolute atomic E-state index is 12.1. The van der Waals surface area contributed by atoms with Gasteiger partial charge in [-0.2, -0.15) is 0 Å². The number of carbonyl (C=O) groups is 1. The van der Waals surface area contributed by atoms with E-state index in [-0.39, 0.29) is 12.3 Å². The van der Waals surface area contributed by atoms with Crippen molar-refractivity contribution in [2.75, 3.05) is 13.7 Å². The van der Waals surface area contributed by atoms with Crippen molar-refractivity contribution in [1.82, 2.24) is 4.98 Å². The van der Waals surface area contributed by atoms with Crippen LogP contribution in [0.25, 0.3) is 0 Å². The second kappa shape index (κ2) is 4.40. The van der Waals surface area contributed by atoms with Gasteiger partial charge in [-0.3, -0.25) is 4.79 Å².